The summed E-state index contributed by atoms with van der Waals surface area (Å²) >= 11 is 1.54. The van der Waals surface area contributed by atoms with Crippen molar-refractivity contribution >= 4 is 23.2 Å². The molecule has 0 atom stereocenters. The van der Waals surface area contributed by atoms with E-state index in [0.29, 0.717) is 45.4 Å². The zero-order valence-corrected chi connectivity index (χ0v) is 16.8. The number of likely N-dealkylation sites (N-methyl/N-ethyl adjacent to an activating group) is 1. The molecule has 2 aliphatic heterocycles. The first-order valence-electron chi connectivity index (χ1n) is 9.34. The Morgan fingerprint density at radius 3 is 2.62 bits per heavy atom. The summed E-state index contributed by atoms with van der Waals surface area (Å²) in [6.07, 6.45) is 1.58. The van der Waals surface area contributed by atoms with Gasteiger partial charge in [-0.25, -0.2) is 0 Å². The van der Waals surface area contributed by atoms with E-state index in [1.165, 1.54) is 0 Å². The molecule has 6 nitrogen and oxygen atoms in total. The van der Waals surface area contributed by atoms with Crippen LogP contribution < -0.4 is 0 Å². The molecule has 0 aromatic carbocycles. The molecule has 0 saturated carbocycles. The molecule has 0 bridgehead atoms. The summed E-state index contributed by atoms with van der Waals surface area (Å²) in [5.74, 6) is 0.268. The van der Waals surface area contributed by atoms with Crippen LogP contribution >= 0.6 is 11.3 Å². The quantitative estimate of drug-likeness (QED) is 0.802. The lowest BCUT2D eigenvalue weighted by Crippen LogP contribution is -2.59. The van der Waals surface area contributed by atoms with Crippen LogP contribution in [-0.2, 0) is 9.53 Å². The van der Waals surface area contributed by atoms with Crippen molar-refractivity contribution in [1.29, 1.82) is 0 Å². The third-order valence-corrected chi connectivity index (χ3v) is 6.28. The molecule has 2 amide bonds. The first-order valence-corrected chi connectivity index (χ1v) is 10.3. The lowest BCUT2D eigenvalue weighted by Gasteiger charge is -2.47. The van der Waals surface area contributed by atoms with Crippen LogP contribution in [0, 0.1) is 0 Å². The fourth-order valence-electron chi connectivity index (χ4n) is 3.55. The molecule has 0 N–H and O–H groups in total. The second kappa shape index (κ2) is 8.06. The lowest BCUT2D eigenvalue weighted by molar-refractivity contribution is -0.147. The van der Waals surface area contributed by atoms with Gasteiger partial charge < -0.3 is 14.5 Å². The van der Waals surface area contributed by atoms with Crippen molar-refractivity contribution in [2.75, 3.05) is 46.4 Å². The first-order chi connectivity index (χ1) is 12.4. The van der Waals surface area contributed by atoms with Crippen LogP contribution in [0.1, 0.15) is 37.0 Å². The van der Waals surface area contributed by atoms with E-state index >= 15 is 0 Å². The van der Waals surface area contributed by atoms with Crippen molar-refractivity contribution < 1.29 is 14.3 Å². The summed E-state index contributed by atoms with van der Waals surface area (Å²) in [4.78, 5) is 31.1. The molecule has 3 heterocycles. The maximum absolute atomic E-state index is 12.7. The SMILES string of the molecule is CC(C)N(C)CC(=O)N1CCC2(CC1)CN(C(=O)c1ccsc1)CCO2. The van der Waals surface area contributed by atoms with Gasteiger partial charge in [0, 0.05) is 31.1 Å². The average molecular weight is 380 g/mol. The van der Waals surface area contributed by atoms with Gasteiger partial charge in [-0.1, -0.05) is 0 Å². The number of carbonyl (C=O) groups excluding carboxylic acids is 2. The van der Waals surface area contributed by atoms with Gasteiger partial charge in [0.25, 0.3) is 5.91 Å². The first kappa shape index (κ1) is 19.3. The molecule has 3 rings (SSSR count). The third-order valence-electron chi connectivity index (χ3n) is 5.60. The highest BCUT2D eigenvalue weighted by atomic mass is 32.1. The number of hydrogen-bond acceptors (Lipinski definition) is 5. The van der Waals surface area contributed by atoms with E-state index in [2.05, 4.69) is 18.7 Å². The van der Waals surface area contributed by atoms with Gasteiger partial charge >= 0.3 is 0 Å². The van der Waals surface area contributed by atoms with Crippen molar-refractivity contribution in [3.63, 3.8) is 0 Å². The Labute approximate surface area is 159 Å². The molecule has 1 aromatic heterocycles. The predicted molar refractivity (Wildman–Crippen MR) is 102 cm³/mol. The Morgan fingerprint density at radius 1 is 1.27 bits per heavy atom. The standard InChI is InChI=1S/C19H29N3O3S/c1-15(2)20(3)12-17(23)21-7-5-19(6-8-21)14-22(9-10-25-19)18(24)16-4-11-26-13-16/h4,11,13,15H,5-10,12,14H2,1-3H3. The second-order valence-corrected chi connectivity index (χ2v) is 8.44. The number of hydrogen-bond donors (Lipinski definition) is 0. The molecule has 0 unspecified atom stereocenters. The second-order valence-electron chi connectivity index (χ2n) is 7.66. The molecule has 0 radical (unpaired) electrons. The molecule has 144 valence electrons. The summed E-state index contributed by atoms with van der Waals surface area (Å²) in [7, 11) is 1.98. The van der Waals surface area contributed by atoms with Gasteiger partial charge in [0.2, 0.25) is 5.91 Å². The zero-order chi connectivity index (χ0) is 18.7. The minimum atomic E-state index is -0.301. The molecule has 2 fully saturated rings. The maximum atomic E-state index is 12.7. The van der Waals surface area contributed by atoms with Crippen molar-refractivity contribution in [3.05, 3.63) is 22.4 Å². The van der Waals surface area contributed by atoms with E-state index in [1.807, 2.05) is 33.7 Å². The highest BCUT2D eigenvalue weighted by Crippen LogP contribution is 2.31. The van der Waals surface area contributed by atoms with E-state index in [9.17, 15) is 9.59 Å². The number of carbonyl (C=O) groups is 2. The number of likely N-dealkylation sites (tertiary alicyclic amines) is 1. The summed E-state index contributed by atoms with van der Waals surface area (Å²) in [6.45, 7) is 7.86. The number of amides is 2. The van der Waals surface area contributed by atoms with Crippen molar-refractivity contribution in [1.82, 2.24) is 14.7 Å². The largest absolute Gasteiger partial charge is 0.371 e. The van der Waals surface area contributed by atoms with Gasteiger partial charge in [-0.15, -0.1) is 0 Å². The maximum Gasteiger partial charge on any atom is 0.254 e. The highest BCUT2D eigenvalue weighted by Gasteiger charge is 2.42. The molecule has 26 heavy (non-hydrogen) atoms. The average Bonchev–Trinajstić information content (AvgIpc) is 3.16. The Kier molecular flexibility index (Phi) is 5.99. The zero-order valence-electron chi connectivity index (χ0n) is 15.9. The topological polar surface area (TPSA) is 53.1 Å². The Balaban J connectivity index is 1.56. The van der Waals surface area contributed by atoms with E-state index < -0.39 is 0 Å². The molecule has 2 aliphatic rings. The molecular formula is C19H29N3O3S. The molecule has 7 heteroatoms. The predicted octanol–water partition coefficient (Wildman–Crippen LogP) is 1.92. The Hall–Kier alpha value is -1.44. The number of thiophene rings is 1. The van der Waals surface area contributed by atoms with Crippen LogP contribution in [0.25, 0.3) is 0 Å². The summed E-state index contributed by atoms with van der Waals surface area (Å²) in [5.41, 5.74) is 0.460. The number of ether oxygens (including phenoxy) is 1. The van der Waals surface area contributed by atoms with E-state index in [4.69, 9.17) is 4.74 Å². The van der Waals surface area contributed by atoms with E-state index in [-0.39, 0.29) is 17.4 Å². The van der Waals surface area contributed by atoms with Crippen molar-refractivity contribution in [2.45, 2.75) is 38.3 Å². The molecule has 0 aliphatic carbocycles. The fraction of sp³-hybridized carbons (Fsp3) is 0.684. The van der Waals surface area contributed by atoms with Gasteiger partial charge in [0.05, 0.1) is 30.9 Å². The van der Waals surface area contributed by atoms with Crippen LogP contribution in [0.4, 0.5) is 0 Å². The molecule has 2 saturated heterocycles. The van der Waals surface area contributed by atoms with Crippen LogP contribution in [0.2, 0.25) is 0 Å². The Morgan fingerprint density at radius 2 is 2.00 bits per heavy atom. The summed E-state index contributed by atoms with van der Waals surface area (Å²) < 4.78 is 6.11. The number of piperidine rings is 1. The Bertz CT molecular complexity index is 624. The van der Waals surface area contributed by atoms with Crippen LogP contribution in [0.15, 0.2) is 16.8 Å². The number of morpholine rings is 1. The van der Waals surface area contributed by atoms with Gasteiger partial charge in [0.1, 0.15) is 0 Å². The van der Waals surface area contributed by atoms with Gasteiger partial charge in [-0.05, 0) is 45.2 Å². The molecule has 1 spiro atoms. The monoisotopic (exact) mass is 379 g/mol. The van der Waals surface area contributed by atoms with E-state index in [0.717, 1.165) is 18.4 Å². The molecular weight excluding hydrogens is 350 g/mol. The minimum Gasteiger partial charge on any atom is -0.371 e. The minimum absolute atomic E-state index is 0.0889. The molecule has 1 aromatic rings. The van der Waals surface area contributed by atoms with E-state index in [1.54, 1.807) is 11.3 Å². The summed E-state index contributed by atoms with van der Waals surface area (Å²) in [5, 5.41) is 3.83. The van der Waals surface area contributed by atoms with Crippen molar-refractivity contribution in [3.8, 4) is 0 Å². The smallest absolute Gasteiger partial charge is 0.254 e. The fourth-order valence-corrected chi connectivity index (χ4v) is 4.18. The number of nitrogens with zero attached hydrogens (tertiary/aromatic N) is 3. The lowest BCUT2D eigenvalue weighted by atomic mass is 9.89. The van der Waals surface area contributed by atoms with Gasteiger partial charge in [-0.2, -0.15) is 11.3 Å². The normalized spacial score (nSPS) is 20.2. The summed E-state index contributed by atoms with van der Waals surface area (Å²) in [6, 6.07) is 2.23. The van der Waals surface area contributed by atoms with Crippen LogP contribution in [0.3, 0.4) is 0 Å². The third kappa shape index (κ3) is 4.27. The van der Waals surface area contributed by atoms with Gasteiger partial charge in [-0.3, -0.25) is 14.5 Å². The van der Waals surface area contributed by atoms with Crippen LogP contribution in [-0.4, -0.2) is 84.5 Å². The van der Waals surface area contributed by atoms with Crippen LogP contribution in [0.5, 0.6) is 0 Å². The number of rotatable bonds is 4. The highest BCUT2D eigenvalue weighted by molar-refractivity contribution is 7.08. The van der Waals surface area contributed by atoms with Crippen molar-refractivity contribution in [2.24, 2.45) is 0 Å². The van der Waals surface area contributed by atoms with Gasteiger partial charge in [0.15, 0.2) is 0 Å².